The summed E-state index contributed by atoms with van der Waals surface area (Å²) in [5, 5.41) is 5.68. The van der Waals surface area contributed by atoms with E-state index in [0.717, 1.165) is 22.3 Å². The van der Waals surface area contributed by atoms with Crippen LogP contribution in [-0.4, -0.2) is 36.0 Å². The van der Waals surface area contributed by atoms with Gasteiger partial charge in [0, 0.05) is 24.3 Å². The number of benzene rings is 3. The normalized spacial score (nSPS) is 13.4. The smallest absolute Gasteiger partial charge is 0.328 e. The molecular formula is C28H29N3O4. The number of carbonyl (C=O) groups is 3. The molecule has 1 aliphatic rings. The lowest BCUT2D eigenvalue weighted by molar-refractivity contribution is -0.147. The van der Waals surface area contributed by atoms with Crippen LogP contribution in [0.15, 0.2) is 72.8 Å². The van der Waals surface area contributed by atoms with Crippen LogP contribution in [0.3, 0.4) is 0 Å². The summed E-state index contributed by atoms with van der Waals surface area (Å²) in [6.07, 6.45) is 0. The van der Waals surface area contributed by atoms with Crippen molar-refractivity contribution in [2.75, 3.05) is 12.4 Å². The van der Waals surface area contributed by atoms with Gasteiger partial charge in [-0.1, -0.05) is 62.4 Å². The van der Waals surface area contributed by atoms with E-state index in [2.05, 4.69) is 10.6 Å². The number of anilines is 1. The Morgan fingerprint density at radius 2 is 1.66 bits per heavy atom. The molecule has 0 aliphatic carbocycles. The minimum atomic E-state index is -0.623. The van der Waals surface area contributed by atoms with Gasteiger partial charge in [0.1, 0.15) is 6.04 Å². The number of nitrogens with one attached hydrogen (secondary N) is 2. The van der Waals surface area contributed by atoms with Crippen LogP contribution in [0.1, 0.15) is 35.3 Å². The Morgan fingerprint density at radius 1 is 0.971 bits per heavy atom. The van der Waals surface area contributed by atoms with Crippen molar-refractivity contribution in [3.63, 3.8) is 0 Å². The van der Waals surface area contributed by atoms with Crippen LogP contribution >= 0.6 is 0 Å². The molecule has 0 saturated heterocycles. The number of carbonyl (C=O) groups excluding carboxylic acids is 3. The Labute approximate surface area is 205 Å². The van der Waals surface area contributed by atoms with Crippen molar-refractivity contribution in [1.29, 1.82) is 0 Å². The van der Waals surface area contributed by atoms with Crippen molar-refractivity contribution in [2.24, 2.45) is 5.92 Å². The zero-order valence-corrected chi connectivity index (χ0v) is 20.1. The summed E-state index contributed by atoms with van der Waals surface area (Å²) in [5.41, 5.74) is 5.11. The maximum atomic E-state index is 13.0. The van der Waals surface area contributed by atoms with Crippen molar-refractivity contribution < 1.29 is 19.1 Å². The van der Waals surface area contributed by atoms with Crippen LogP contribution in [-0.2, 0) is 22.6 Å². The number of methoxy groups -OCH3 is 1. The Morgan fingerprint density at radius 3 is 2.31 bits per heavy atom. The fourth-order valence-corrected chi connectivity index (χ4v) is 4.33. The number of hydrogen-bond acceptors (Lipinski definition) is 4. The zero-order valence-electron chi connectivity index (χ0n) is 20.1. The average Bonchev–Trinajstić information content (AvgIpc) is 3.18. The highest BCUT2D eigenvalue weighted by Crippen LogP contribution is 2.31. The van der Waals surface area contributed by atoms with Gasteiger partial charge in [-0.15, -0.1) is 0 Å². The number of fused-ring (bicyclic) bond motifs is 1. The highest BCUT2D eigenvalue weighted by Gasteiger charge is 2.38. The number of urea groups is 1. The number of esters is 1. The van der Waals surface area contributed by atoms with E-state index in [4.69, 9.17) is 4.74 Å². The molecule has 3 amide bonds. The van der Waals surface area contributed by atoms with Crippen LogP contribution in [0.2, 0.25) is 0 Å². The maximum Gasteiger partial charge on any atom is 0.328 e. The van der Waals surface area contributed by atoms with E-state index < -0.39 is 12.0 Å². The molecule has 7 heteroatoms. The molecule has 35 heavy (non-hydrogen) atoms. The summed E-state index contributed by atoms with van der Waals surface area (Å²) in [5.74, 6) is -0.626. The van der Waals surface area contributed by atoms with Gasteiger partial charge in [0.2, 0.25) is 0 Å². The first-order chi connectivity index (χ1) is 16.9. The molecule has 0 saturated carbocycles. The molecule has 2 N–H and O–H groups in total. The summed E-state index contributed by atoms with van der Waals surface area (Å²) < 4.78 is 4.94. The second kappa shape index (κ2) is 10.4. The molecule has 180 valence electrons. The maximum absolute atomic E-state index is 13.0. The molecule has 1 atom stereocenters. The topological polar surface area (TPSA) is 87.7 Å². The lowest BCUT2D eigenvalue weighted by atomic mass is 10.0. The van der Waals surface area contributed by atoms with Gasteiger partial charge in [0.15, 0.2) is 0 Å². The lowest BCUT2D eigenvalue weighted by Crippen LogP contribution is -2.45. The van der Waals surface area contributed by atoms with Gasteiger partial charge < -0.3 is 20.3 Å². The number of rotatable bonds is 7. The van der Waals surface area contributed by atoms with Gasteiger partial charge >= 0.3 is 12.0 Å². The molecule has 7 nitrogen and oxygen atoms in total. The van der Waals surface area contributed by atoms with Crippen molar-refractivity contribution in [2.45, 2.75) is 33.0 Å². The minimum Gasteiger partial charge on any atom is -0.467 e. The van der Waals surface area contributed by atoms with E-state index in [1.807, 2.05) is 86.6 Å². The first-order valence-electron chi connectivity index (χ1n) is 11.6. The van der Waals surface area contributed by atoms with E-state index in [-0.39, 0.29) is 17.9 Å². The minimum absolute atomic E-state index is 0.0647. The third-order valence-corrected chi connectivity index (χ3v) is 6.12. The molecule has 0 fully saturated rings. The number of hydrogen-bond donors (Lipinski definition) is 2. The summed E-state index contributed by atoms with van der Waals surface area (Å²) in [6, 6.07) is 22.0. The second-order valence-corrected chi connectivity index (χ2v) is 8.89. The third kappa shape index (κ3) is 5.35. The molecule has 1 aliphatic heterocycles. The molecule has 3 aromatic carbocycles. The second-order valence-electron chi connectivity index (χ2n) is 8.89. The van der Waals surface area contributed by atoms with Gasteiger partial charge in [-0.2, -0.15) is 0 Å². The van der Waals surface area contributed by atoms with Crippen molar-refractivity contribution in [3.8, 4) is 11.1 Å². The molecule has 4 rings (SSSR count). The highest BCUT2D eigenvalue weighted by molar-refractivity contribution is 6.01. The van der Waals surface area contributed by atoms with Gasteiger partial charge in [-0.3, -0.25) is 4.79 Å². The molecule has 0 aromatic heterocycles. The van der Waals surface area contributed by atoms with E-state index in [1.165, 1.54) is 7.11 Å². The third-order valence-electron chi connectivity index (χ3n) is 6.12. The van der Waals surface area contributed by atoms with Crippen LogP contribution in [0, 0.1) is 5.92 Å². The predicted octanol–water partition coefficient (Wildman–Crippen LogP) is 4.83. The average molecular weight is 472 g/mol. The fraction of sp³-hybridized carbons (Fsp3) is 0.250. The van der Waals surface area contributed by atoms with E-state index in [0.29, 0.717) is 24.3 Å². The summed E-state index contributed by atoms with van der Waals surface area (Å²) in [6.45, 7) is 4.62. The molecule has 3 aromatic rings. The fourth-order valence-electron chi connectivity index (χ4n) is 4.33. The molecular weight excluding hydrogens is 442 g/mol. The number of amides is 3. The van der Waals surface area contributed by atoms with Crippen molar-refractivity contribution in [1.82, 2.24) is 10.2 Å². The highest BCUT2D eigenvalue weighted by atomic mass is 16.5. The quantitative estimate of drug-likeness (QED) is 0.483. The first-order valence-corrected chi connectivity index (χ1v) is 11.6. The molecule has 0 unspecified atom stereocenters. The van der Waals surface area contributed by atoms with Gasteiger partial charge in [0.05, 0.1) is 7.11 Å². The number of nitrogens with zero attached hydrogens (tertiary/aromatic N) is 1. The van der Waals surface area contributed by atoms with Gasteiger partial charge in [0.25, 0.3) is 5.91 Å². The Bertz CT molecular complexity index is 1220. The molecule has 0 radical (unpaired) electrons. The molecule has 0 spiro atoms. The van der Waals surface area contributed by atoms with Gasteiger partial charge in [-0.25, -0.2) is 9.59 Å². The Hall–Kier alpha value is -4.13. The zero-order chi connectivity index (χ0) is 24.9. The number of ether oxygens (including phenoxy) is 1. The molecule has 0 bridgehead atoms. The Balaban J connectivity index is 1.43. The largest absolute Gasteiger partial charge is 0.467 e. The molecule has 1 heterocycles. The van der Waals surface area contributed by atoms with Crippen LogP contribution in [0.4, 0.5) is 10.5 Å². The predicted molar refractivity (Wildman–Crippen MR) is 135 cm³/mol. The van der Waals surface area contributed by atoms with Crippen molar-refractivity contribution >= 4 is 23.6 Å². The summed E-state index contributed by atoms with van der Waals surface area (Å²) in [4.78, 5) is 39.1. The van der Waals surface area contributed by atoms with Crippen LogP contribution in [0.5, 0.6) is 0 Å². The van der Waals surface area contributed by atoms with E-state index >= 15 is 0 Å². The monoisotopic (exact) mass is 471 g/mol. The SMILES string of the molecule is COC(=O)[C@H](C(C)C)N1Cc2cc(-c3ccc(NC(=O)NCc4ccccc4)cc3)ccc2C1=O. The summed E-state index contributed by atoms with van der Waals surface area (Å²) >= 11 is 0. The first kappa shape index (κ1) is 24.0. The van der Waals surface area contributed by atoms with Crippen LogP contribution in [0.25, 0.3) is 11.1 Å². The van der Waals surface area contributed by atoms with E-state index in [1.54, 1.807) is 4.90 Å². The standard InChI is InChI=1S/C28H29N3O4/c1-18(2)25(27(33)35-3)31-17-22-15-21(11-14-24(22)26(31)32)20-9-12-23(13-10-20)30-28(34)29-16-19-7-5-4-6-8-19/h4-15,18,25H,16-17H2,1-3H3,(H2,29,30,34)/t25-/m0/s1. The van der Waals surface area contributed by atoms with Gasteiger partial charge in [-0.05, 0) is 52.4 Å². The van der Waals surface area contributed by atoms with Crippen LogP contribution < -0.4 is 10.6 Å². The summed E-state index contributed by atoms with van der Waals surface area (Å²) in [7, 11) is 1.34. The van der Waals surface area contributed by atoms with E-state index in [9.17, 15) is 14.4 Å². The van der Waals surface area contributed by atoms with Crippen molar-refractivity contribution in [3.05, 3.63) is 89.5 Å². The lowest BCUT2D eigenvalue weighted by Gasteiger charge is -2.28. The Kier molecular flexibility index (Phi) is 7.15.